The number of nitrogens with zero attached hydrogens (tertiary/aromatic N) is 3. The number of nitrogens with one attached hydrogen (secondary N) is 1. The minimum atomic E-state index is 0.164. The van der Waals surface area contributed by atoms with E-state index in [9.17, 15) is 0 Å². The smallest absolute Gasteiger partial charge is 0.259 e. The van der Waals surface area contributed by atoms with Crippen molar-refractivity contribution in [2.75, 3.05) is 26.7 Å². The van der Waals surface area contributed by atoms with E-state index in [1.165, 1.54) is 9.77 Å². The fraction of sp³-hybridized carbons (Fsp3) is 0.333. The van der Waals surface area contributed by atoms with Gasteiger partial charge >= 0.3 is 0 Å². The van der Waals surface area contributed by atoms with Crippen LogP contribution in [-0.2, 0) is 5.75 Å². The third-order valence-electron chi connectivity index (χ3n) is 4.32. The maximum Gasteiger partial charge on any atom is 0.259 e. The van der Waals surface area contributed by atoms with Crippen LogP contribution in [0.2, 0.25) is 0 Å². The summed E-state index contributed by atoms with van der Waals surface area (Å²) in [6, 6.07) is 12.7. The van der Waals surface area contributed by atoms with Crippen molar-refractivity contribution < 1.29 is 4.52 Å². The molecule has 2 aromatic heterocycles. The van der Waals surface area contributed by atoms with Gasteiger partial charge in [0.25, 0.3) is 5.89 Å². The van der Waals surface area contributed by atoms with E-state index in [4.69, 9.17) is 9.51 Å². The van der Waals surface area contributed by atoms with E-state index < -0.39 is 0 Å². The lowest BCUT2D eigenvalue weighted by atomic mass is 10.2. The molecule has 0 spiro atoms. The van der Waals surface area contributed by atoms with Gasteiger partial charge in [-0.1, -0.05) is 23.4 Å². The number of thiophene rings is 1. The van der Waals surface area contributed by atoms with Crippen molar-refractivity contribution in [3.8, 4) is 11.5 Å². The van der Waals surface area contributed by atoms with Crippen LogP contribution in [0.25, 0.3) is 11.5 Å². The molecule has 0 saturated carbocycles. The molecule has 1 aliphatic rings. The first-order chi connectivity index (χ1) is 12.3. The number of thioether (sulfide) groups is 1. The Morgan fingerprint density at radius 3 is 3.08 bits per heavy atom. The average molecular weight is 373 g/mol. The number of aromatic nitrogens is 2. The normalized spacial score (nSPS) is 18.5. The third-order valence-corrected chi connectivity index (χ3v) is 6.50. The highest BCUT2D eigenvalue weighted by molar-refractivity contribution is 7.98. The number of hydrogen-bond donors (Lipinski definition) is 1. The monoisotopic (exact) mass is 372 g/mol. The molecule has 1 atom stereocenters. The van der Waals surface area contributed by atoms with Gasteiger partial charge in [0.05, 0.1) is 11.6 Å². The van der Waals surface area contributed by atoms with E-state index in [0.717, 1.165) is 36.8 Å². The summed E-state index contributed by atoms with van der Waals surface area (Å²) in [4.78, 5) is 9.49. The predicted octanol–water partition coefficient (Wildman–Crippen LogP) is 3.67. The molecule has 1 aliphatic heterocycles. The van der Waals surface area contributed by atoms with Gasteiger partial charge in [-0.3, -0.25) is 4.90 Å². The highest BCUT2D eigenvalue weighted by Gasteiger charge is 2.26. The van der Waals surface area contributed by atoms with Crippen molar-refractivity contribution in [2.45, 2.75) is 16.7 Å². The zero-order valence-electron chi connectivity index (χ0n) is 14.0. The van der Waals surface area contributed by atoms with E-state index in [2.05, 4.69) is 58.1 Å². The molecule has 130 valence electrons. The van der Waals surface area contributed by atoms with Gasteiger partial charge in [-0.25, -0.2) is 0 Å². The van der Waals surface area contributed by atoms with Crippen molar-refractivity contribution in [2.24, 2.45) is 0 Å². The summed E-state index contributed by atoms with van der Waals surface area (Å²) in [6.07, 6.45) is 0. The summed E-state index contributed by atoms with van der Waals surface area (Å²) in [7, 11) is 2.10. The van der Waals surface area contributed by atoms with Crippen molar-refractivity contribution in [3.05, 3.63) is 52.5 Å². The zero-order valence-corrected chi connectivity index (χ0v) is 15.6. The summed E-state index contributed by atoms with van der Waals surface area (Å²) >= 11 is 3.59. The molecular formula is C18H20N4OS2. The molecule has 0 aliphatic carbocycles. The van der Waals surface area contributed by atoms with Crippen LogP contribution in [0.1, 0.15) is 16.7 Å². The van der Waals surface area contributed by atoms with E-state index in [0.29, 0.717) is 5.89 Å². The molecule has 5 nitrogen and oxygen atoms in total. The topological polar surface area (TPSA) is 54.2 Å². The van der Waals surface area contributed by atoms with Crippen LogP contribution in [-0.4, -0.2) is 41.7 Å². The first-order valence-electron chi connectivity index (χ1n) is 8.30. The van der Waals surface area contributed by atoms with Crippen LogP contribution >= 0.6 is 23.1 Å². The Hall–Kier alpha value is -1.67. The Morgan fingerprint density at radius 2 is 2.24 bits per heavy atom. The summed E-state index contributed by atoms with van der Waals surface area (Å²) in [5, 5.41) is 9.75. The van der Waals surface area contributed by atoms with Crippen molar-refractivity contribution in [1.82, 2.24) is 20.4 Å². The van der Waals surface area contributed by atoms with Crippen molar-refractivity contribution in [1.29, 1.82) is 0 Å². The molecule has 3 heterocycles. The molecule has 0 radical (unpaired) electrons. The number of rotatable bonds is 5. The fourth-order valence-corrected chi connectivity index (χ4v) is 4.70. The number of piperazine rings is 1. The van der Waals surface area contributed by atoms with Gasteiger partial charge in [0, 0.05) is 35.2 Å². The average Bonchev–Trinajstić information content (AvgIpc) is 3.33. The van der Waals surface area contributed by atoms with Gasteiger partial charge in [-0.2, -0.15) is 4.98 Å². The second-order valence-corrected chi connectivity index (χ2v) is 8.07. The molecule has 1 saturated heterocycles. The van der Waals surface area contributed by atoms with E-state index in [1.807, 2.05) is 6.07 Å². The van der Waals surface area contributed by atoms with Gasteiger partial charge < -0.3 is 9.84 Å². The molecule has 0 amide bonds. The number of hydrogen-bond acceptors (Lipinski definition) is 7. The molecule has 1 aromatic carbocycles. The Labute approximate surface area is 155 Å². The van der Waals surface area contributed by atoms with Gasteiger partial charge in [-0.15, -0.1) is 23.1 Å². The van der Waals surface area contributed by atoms with Gasteiger partial charge in [0.15, 0.2) is 5.82 Å². The van der Waals surface area contributed by atoms with Gasteiger partial charge in [0.2, 0.25) is 0 Å². The molecule has 3 aromatic rings. The van der Waals surface area contributed by atoms with E-state index in [-0.39, 0.29) is 6.04 Å². The molecule has 1 unspecified atom stereocenters. The fourth-order valence-electron chi connectivity index (χ4n) is 2.89. The number of benzene rings is 1. The van der Waals surface area contributed by atoms with Crippen LogP contribution in [0.15, 0.2) is 51.2 Å². The Balaban J connectivity index is 1.55. The molecule has 1 N–H and O–H groups in total. The zero-order chi connectivity index (χ0) is 17.1. The molecule has 7 heteroatoms. The summed E-state index contributed by atoms with van der Waals surface area (Å²) < 4.78 is 5.60. The largest absolute Gasteiger partial charge is 0.334 e. The first kappa shape index (κ1) is 16.8. The quantitative estimate of drug-likeness (QED) is 0.690. The summed E-state index contributed by atoms with van der Waals surface area (Å²) in [5.41, 5.74) is 1.01. The second kappa shape index (κ2) is 7.70. The molecule has 4 rings (SSSR count). The summed E-state index contributed by atoms with van der Waals surface area (Å²) in [6.45, 7) is 2.84. The van der Waals surface area contributed by atoms with Crippen LogP contribution in [0.4, 0.5) is 0 Å². The van der Waals surface area contributed by atoms with Crippen LogP contribution in [0.3, 0.4) is 0 Å². The maximum atomic E-state index is 5.60. The molecular weight excluding hydrogens is 352 g/mol. The third kappa shape index (κ3) is 3.79. The van der Waals surface area contributed by atoms with E-state index >= 15 is 0 Å². The lowest BCUT2D eigenvalue weighted by molar-refractivity contribution is 0.190. The van der Waals surface area contributed by atoms with Gasteiger partial charge in [-0.05, 0) is 30.6 Å². The highest BCUT2D eigenvalue weighted by Crippen LogP contribution is 2.34. The lowest BCUT2D eigenvalue weighted by Crippen LogP contribution is -2.44. The van der Waals surface area contributed by atoms with Crippen LogP contribution in [0.5, 0.6) is 0 Å². The molecule has 0 bridgehead atoms. The second-order valence-electron chi connectivity index (χ2n) is 6.02. The van der Waals surface area contributed by atoms with Crippen molar-refractivity contribution in [3.63, 3.8) is 0 Å². The first-order valence-corrected chi connectivity index (χ1v) is 10.2. The van der Waals surface area contributed by atoms with Crippen LogP contribution in [0, 0.1) is 0 Å². The minimum Gasteiger partial charge on any atom is -0.334 e. The Morgan fingerprint density at radius 1 is 1.32 bits per heavy atom. The van der Waals surface area contributed by atoms with Crippen molar-refractivity contribution >= 4 is 23.1 Å². The Bertz CT molecular complexity index is 818. The van der Waals surface area contributed by atoms with E-state index in [1.54, 1.807) is 23.1 Å². The van der Waals surface area contributed by atoms with Crippen LogP contribution < -0.4 is 5.32 Å². The van der Waals surface area contributed by atoms with Gasteiger partial charge in [0.1, 0.15) is 0 Å². The lowest BCUT2D eigenvalue weighted by Gasteiger charge is -2.30. The Kier molecular flexibility index (Phi) is 5.17. The standard InChI is InChI=1S/C18H20N4OS2/c1-22-9-8-19-11-15(22)17-20-18(23-21-17)14-6-2-3-7-16(14)25-12-13-5-4-10-24-13/h2-7,10,15,19H,8-9,11-12H2,1H3. The molecule has 25 heavy (non-hydrogen) atoms. The summed E-state index contributed by atoms with van der Waals surface area (Å²) in [5.74, 6) is 2.30. The SMILES string of the molecule is CN1CCNCC1c1noc(-c2ccccc2SCc2cccs2)n1. The number of likely N-dealkylation sites (N-methyl/N-ethyl adjacent to an activating group) is 1. The minimum absolute atomic E-state index is 0.164. The predicted molar refractivity (Wildman–Crippen MR) is 102 cm³/mol. The molecule has 1 fully saturated rings. The maximum absolute atomic E-state index is 5.60. The highest BCUT2D eigenvalue weighted by atomic mass is 32.2.